The molecule has 1 N–H and O–H groups in total. The third-order valence-electron chi connectivity index (χ3n) is 5.69. The van der Waals surface area contributed by atoms with Crippen LogP contribution in [0.4, 0.5) is 14.5 Å². The van der Waals surface area contributed by atoms with Crippen molar-refractivity contribution in [3.63, 3.8) is 0 Å². The molecule has 36 heavy (non-hydrogen) atoms. The van der Waals surface area contributed by atoms with E-state index < -0.39 is 15.8 Å². The van der Waals surface area contributed by atoms with Crippen molar-refractivity contribution in [3.05, 3.63) is 131 Å². The van der Waals surface area contributed by atoms with Crippen LogP contribution in [0.15, 0.2) is 97.0 Å². The second-order valence-corrected chi connectivity index (χ2v) is 11.0. The highest BCUT2D eigenvalue weighted by Gasteiger charge is 2.32. The van der Waals surface area contributed by atoms with Gasteiger partial charge in [0.1, 0.15) is 17.0 Å². The fraction of sp³-hybridized carbons (Fsp3) is 0.143. The van der Waals surface area contributed by atoms with Crippen LogP contribution in [0.5, 0.6) is 0 Å². The highest BCUT2D eigenvalue weighted by atomic mass is 32.2. The predicted molar refractivity (Wildman–Crippen MR) is 143 cm³/mol. The first-order chi connectivity index (χ1) is 17.2. The van der Waals surface area contributed by atoms with E-state index in [4.69, 9.17) is 0 Å². The van der Waals surface area contributed by atoms with Crippen LogP contribution < -0.4 is 9.62 Å². The number of halogens is 2. The van der Waals surface area contributed by atoms with E-state index in [2.05, 4.69) is 34.2 Å². The van der Waals surface area contributed by atoms with Gasteiger partial charge in [-0.3, -0.25) is 4.72 Å². The molecule has 0 spiro atoms. The first kappa shape index (κ1) is 25.5. The summed E-state index contributed by atoms with van der Waals surface area (Å²) >= 11 is 1.69. The molecule has 1 aliphatic rings. The number of aryl methyl sites for hydroxylation is 1. The summed E-state index contributed by atoms with van der Waals surface area (Å²) in [7, 11) is -3.83. The molecule has 4 rings (SSSR count). The van der Waals surface area contributed by atoms with E-state index in [0.717, 1.165) is 22.5 Å². The molecular formula is C28H24F2N2O2S2. The van der Waals surface area contributed by atoms with Crippen molar-refractivity contribution >= 4 is 33.2 Å². The monoisotopic (exact) mass is 522 g/mol. The van der Waals surface area contributed by atoms with Gasteiger partial charge in [-0.15, -0.1) is 23.2 Å². The smallest absolute Gasteiger partial charge is 0.237 e. The molecule has 0 radical (unpaired) electrons. The van der Waals surface area contributed by atoms with Crippen LogP contribution in [0.3, 0.4) is 0 Å². The quantitative estimate of drug-likeness (QED) is 0.363. The molecule has 1 aliphatic heterocycles. The number of thioether (sulfide) groups is 1. The summed E-state index contributed by atoms with van der Waals surface area (Å²) in [4.78, 5) is 2.11. The Kier molecular flexibility index (Phi) is 7.53. The lowest BCUT2D eigenvalue weighted by Gasteiger charge is -2.28. The zero-order valence-electron chi connectivity index (χ0n) is 19.6. The third kappa shape index (κ3) is 5.64. The normalized spacial score (nSPS) is 15.4. The standard InChI is InChI=1S/C28H24F2N2O2S2/c1-4-25-17-35-28(21-9-12-23(29)13-10-21)32(25)27-14-11-22(15-19(27)3)26(5-2)31-36(33,34)18-20-7-6-8-24(30)16-20/h6-16,28,31H,1-2,17-18H2,3H3. The van der Waals surface area contributed by atoms with Gasteiger partial charge in [0, 0.05) is 17.0 Å². The van der Waals surface area contributed by atoms with E-state index in [1.54, 1.807) is 36.0 Å². The molecule has 1 fully saturated rings. The Balaban J connectivity index is 1.61. The summed E-state index contributed by atoms with van der Waals surface area (Å²) in [5.41, 5.74) is 10.4. The van der Waals surface area contributed by atoms with E-state index in [1.165, 1.54) is 30.3 Å². The van der Waals surface area contributed by atoms with Crippen LogP contribution in [-0.2, 0) is 15.8 Å². The summed E-state index contributed by atoms with van der Waals surface area (Å²) in [6.45, 7) is 9.39. The molecular weight excluding hydrogens is 498 g/mol. The molecule has 0 amide bonds. The molecule has 3 aromatic rings. The van der Waals surface area contributed by atoms with Gasteiger partial charge >= 0.3 is 0 Å². The number of benzene rings is 3. The van der Waals surface area contributed by atoms with Crippen molar-refractivity contribution in [2.45, 2.75) is 18.1 Å². The van der Waals surface area contributed by atoms with Crippen molar-refractivity contribution in [1.29, 1.82) is 0 Å². The van der Waals surface area contributed by atoms with Crippen LogP contribution in [0, 0.1) is 18.6 Å². The highest BCUT2D eigenvalue weighted by molar-refractivity contribution is 8.00. The van der Waals surface area contributed by atoms with Crippen LogP contribution >= 0.6 is 11.8 Å². The van der Waals surface area contributed by atoms with Gasteiger partial charge in [0.25, 0.3) is 0 Å². The van der Waals surface area contributed by atoms with Gasteiger partial charge in [-0.2, -0.15) is 0 Å². The lowest BCUT2D eigenvalue weighted by atomic mass is 10.1. The summed E-state index contributed by atoms with van der Waals surface area (Å²) in [5.74, 6) is -0.479. The van der Waals surface area contributed by atoms with Crippen LogP contribution in [0.25, 0.3) is 5.70 Å². The first-order valence-electron chi connectivity index (χ1n) is 11.0. The minimum absolute atomic E-state index is 0.0846. The Labute approximate surface area is 214 Å². The predicted octanol–water partition coefficient (Wildman–Crippen LogP) is 6.44. The molecule has 0 aliphatic carbocycles. The van der Waals surface area contributed by atoms with E-state index in [-0.39, 0.29) is 22.6 Å². The van der Waals surface area contributed by atoms with E-state index in [1.807, 2.05) is 19.1 Å². The summed E-state index contributed by atoms with van der Waals surface area (Å²) < 4.78 is 55.0. The Morgan fingerprint density at radius 3 is 2.47 bits per heavy atom. The Bertz CT molecular complexity index is 1500. The molecule has 3 aromatic carbocycles. The minimum Gasteiger partial charge on any atom is -0.321 e. The van der Waals surface area contributed by atoms with Crippen LogP contribution in [0.2, 0.25) is 0 Å². The second-order valence-electron chi connectivity index (χ2n) is 8.25. The molecule has 1 saturated heterocycles. The Morgan fingerprint density at radius 1 is 1.08 bits per heavy atom. The van der Waals surface area contributed by atoms with Crippen LogP contribution in [0.1, 0.15) is 27.6 Å². The highest BCUT2D eigenvalue weighted by Crippen LogP contribution is 2.46. The van der Waals surface area contributed by atoms with E-state index >= 15 is 0 Å². The van der Waals surface area contributed by atoms with Gasteiger partial charge in [-0.05, 0) is 60.0 Å². The number of hydrogen-bond acceptors (Lipinski definition) is 4. The molecule has 184 valence electrons. The fourth-order valence-corrected chi connectivity index (χ4v) is 6.53. The van der Waals surface area contributed by atoms with Crippen LogP contribution in [-0.4, -0.2) is 14.2 Å². The number of nitrogens with one attached hydrogen (secondary N) is 1. The summed E-state index contributed by atoms with van der Waals surface area (Å²) in [6, 6.07) is 17.4. The van der Waals surface area contributed by atoms with Gasteiger partial charge in [0.2, 0.25) is 10.0 Å². The van der Waals surface area contributed by atoms with Crippen molar-refractivity contribution < 1.29 is 17.2 Å². The lowest BCUT2D eigenvalue weighted by molar-refractivity contribution is 0.590. The second kappa shape index (κ2) is 10.6. The molecule has 0 bridgehead atoms. The lowest BCUT2D eigenvalue weighted by Crippen LogP contribution is -2.24. The molecule has 1 atom stereocenters. The van der Waals surface area contributed by atoms with Gasteiger partial charge in [0.05, 0.1) is 17.1 Å². The molecule has 1 heterocycles. The summed E-state index contributed by atoms with van der Waals surface area (Å²) in [5, 5.41) is -0.0846. The number of sulfonamides is 1. The first-order valence-corrected chi connectivity index (χ1v) is 13.7. The van der Waals surface area contributed by atoms with Crippen molar-refractivity contribution in [2.75, 3.05) is 10.7 Å². The van der Waals surface area contributed by atoms with Gasteiger partial charge in [-0.25, -0.2) is 17.2 Å². The van der Waals surface area contributed by atoms with E-state index in [9.17, 15) is 17.2 Å². The third-order valence-corrected chi connectivity index (χ3v) is 8.15. The average Bonchev–Trinajstić information content (AvgIpc) is 3.26. The number of rotatable bonds is 7. The molecule has 1 unspecified atom stereocenters. The molecule has 8 heteroatoms. The van der Waals surface area contributed by atoms with Gasteiger partial charge in [0.15, 0.2) is 0 Å². The maximum absolute atomic E-state index is 13.5. The average molecular weight is 523 g/mol. The zero-order chi connectivity index (χ0) is 25.9. The fourth-order valence-electron chi connectivity index (χ4n) is 4.04. The largest absolute Gasteiger partial charge is 0.321 e. The number of anilines is 1. The van der Waals surface area contributed by atoms with E-state index in [0.29, 0.717) is 16.9 Å². The molecule has 0 aromatic heterocycles. The molecule has 4 nitrogen and oxygen atoms in total. The SMILES string of the molecule is C=C=C(NS(=O)(=O)Cc1cccc(F)c1)c1ccc(N2C(=C=C)CSC2c2ccc(F)cc2)c(C)c1. The minimum atomic E-state index is -3.83. The van der Waals surface area contributed by atoms with Gasteiger partial charge < -0.3 is 4.90 Å². The maximum atomic E-state index is 13.5. The maximum Gasteiger partial charge on any atom is 0.237 e. The van der Waals surface area contributed by atoms with Gasteiger partial charge in [-0.1, -0.05) is 43.5 Å². The zero-order valence-corrected chi connectivity index (χ0v) is 21.2. The number of nitrogens with zero attached hydrogens (tertiary/aromatic N) is 1. The van der Waals surface area contributed by atoms with Crippen molar-refractivity contribution in [1.82, 2.24) is 4.72 Å². The number of hydrogen-bond donors (Lipinski definition) is 1. The van der Waals surface area contributed by atoms with Crippen molar-refractivity contribution in [2.24, 2.45) is 0 Å². The Morgan fingerprint density at radius 2 is 1.83 bits per heavy atom. The summed E-state index contributed by atoms with van der Waals surface area (Å²) in [6.07, 6.45) is 0. The molecule has 0 saturated carbocycles. The topological polar surface area (TPSA) is 49.4 Å². The Hall–Kier alpha value is -3.54. The van der Waals surface area contributed by atoms with Crippen molar-refractivity contribution in [3.8, 4) is 0 Å².